The number of nitrogens with one attached hydrogen (secondary N) is 2. The van der Waals surface area contributed by atoms with Gasteiger partial charge in [-0.25, -0.2) is 4.98 Å². The molecule has 0 radical (unpaired) electrons. The summed E-state index contributed by atoms with van der Waals surface area (Å²) in [6.45, 7) is 8.69. The second-order valence-electron chi connectivity index (χ2n) is 11.8. The zero-order chi connectivity index (χ0) is 29.3. The van der Waals surface area contributed by atoms with Gasteiger partial charge < -0.3 is 26.4 Å². The number of aromatic nitrogens is 1. The first-order valence-electron chi connectivity index (χ1n) is 14.3. The average Bonchev–Trinajstić information content (AvgIpc) is 3.52. The van der Waals surface area contributed by atoms with Crippen molar-refractivity contribution in [3.63, 3.8) is 0 Å². The minimum atomic E-state index is -0.805. The van der Waals surface area contributed by atoms with Crippen LogP contribution in [0.1, 0.15) is 77.0 Å². The average molecular weight is 572 g/mol. The number of carbonyl (C=O) groups is 3. The number of benzene rings is 1. The van der Waals surface area contributed by atoms with E-state index in [-0.39, 0.29) is 30.7 Å². The van der Waals surface area contributed by atoms with Crippen molar-refractivity contribution < 1.29 is 19.5 Å². The Morgan fingerprint density at radius 3 is 2.42 bits per heavy atom. The van der Waals surface area contributed by atoms with E-state index < -0.39 is 23.6 Å². The van der Waals surface area contributed by atoms with Gasteiger partial charge in [-0.05, 0) is 42.9 Å². The number of hydrogen-bond acceptors (Lipinski definition) is 7. The van der Waals surface area contributed by atoms with Gasteiger partial charge in [0, 0.05) is 25.9 Å². The van der Waals surface area contributed by atoms with Gasteiger partial charge in [0.05, 0.1) is 22.2 Å². The van der Waals surface area contributed by atoms with Crippen molar-refractivity contribution in [1.82, 2.24) is 20.5 Å². The Labute approximate surface area is 241 Å². The van der Waals surface area contributed by atoms with Crippen LogP contribution < -0.4 is 16.4 Å². The number of hydrogen-bond donors (Lipinski definition) is 4. The largest absolute Gasteiger partial charge is 0.391 e. The third kappa shape index (κ3) is 8.84. The molecule has 1 aromatic heterocycles. The van der Waals surface area contributed by atoms with E-state index in [1.165, 1.54) is 4.90 Å². The Hall–Kier alpha value is -2.82. The standard InChI is InChI=1S/C30H45N5O4S/c1-20-26(40-19-33-20)22-13-11-21(12-14-22)17-32-28(38)24-16-23(36)18-35(24)29(39)27(30(2,3)4)34-25(37)10-8-6-5-7-9-15-31/h11-14,19,23-24,27,36H,5-10,15-18,31H2,1-4H3,(H,32,38)(H,34,37)/t23?,24-,27+/m0/s1. The minimum absolute atomic E-state index is 0.0589. The van der Waals surface area contributed by atoms with Gasteiger partial charge in [-0.15, -0.1) is 11.3 Å². The van der Waals surface area contributed by atoms with Crippen molar-refractivity contribution in [3.8, 4) is 10.4 Å². The summed E-state index contributed by atoms with van der Waals surface area (Å²) in [6, 6.07) is 6.34. The summed E-state index contributed by atoms with van der Waals surface area (Å²) in [6.07, 6.45) is 4.47. The Morgan fingerprint density at radius 2 is 1.80 bits per heavy atom. The van der Waals surface area contributed by atoms with Gasteiger partial charge in [0.2, 0.25) is 17.7 Å². The predicted molar refractivity (Wildman–Crippen MR) is 158 cm³/mol. The minimum Gasteiger partial charge on any atom is -0.391 e. The van der Waals surface area contributed by atoms with E-state index in [1.54, 1.807) is 11.3 Å². The summed E-state index contributed by atoms with van der Waals surface area (Å²) in [5, 5.41) is 16.2. The van der Waals surface area contributed by atoms with Crippen LogP contribution in [0.3, 0.4) is 0 Å². The molecule has 3 rings (SSSR count). The highest BCUT2D eigenvalue weighted by Gasteiger charge is 2.44. The Bertz CT molecular complexity index is 1130. The first kappa shape index (κ1) is 31.7. The van der Waals surface area contributed by atoms with Crippen molar-refractivity contribution in [2.24, 2.45) is 11.1 Å². The molecule has 0 bridgehead atoms. The molecular formula is C30H45N5O4S. The Morgan fingerprint density at radius 1 is 1.12 bits per heavy atom. The number of nitrogens with two attached hydrogens (primary N) is 1. The van der Waals surface area contributed by atoms with Crippen molar-refractivity contribution in [3.05, 3.63) is 41.0 Å². The van der Waals surface area contributed by atoms with Crippen LogP contribution in [-0.2, 0) is 20.9 Å². The quantitative estimate of drug-likeness (QED) is 0.272. The molecule has 3 amide bonds. The van der Waals surface area contributed by atoms with E-state index in [9.17, 15) is 19.5 Å². The van der Waals surface area contributed by atoms with Crippen molar-refractivity contribution in [2.75, 3.05) is 13.1 Å². The van der Waals surface area contributed by atoms with Crippen LogP contribution in [0.15, 0.2) is 29.8 Å². The summed E-state index contributed by atoms with van der Waals surface area (Å²) in [4.78, 5) is 46.5. The van der Waals surface area contributed by atoms with E-state index in [1.807, 2.05) is 57.5 Å². The Kier molecular flexibility index (Phi) is 11.7. The monoisotopic (exact) mass is 571 g/mol. The first-order valence-corrected chi connectivity index (χ1v) is 15.1. The predicted octanol–water partition coefficient (Wildman–Crippen LogP) is 3.53. The van der Waals surface area contributed by atoms with Crippen LogP contribution in [0, 0.1) is 12.3 Å². The Balaban J connectivity index is 1.59. The van der Waals surface area contributed by atoms with Gasteiger partial charge in [0.15, 0.2) is 0 Å². The molecule has 1 aromatic carbocycles. The van der Waals surface area contributed by atoms with Crippen molar-refractivity contribution in [2.45, 2.75) is 97.4 Å². The topological polar surface area (TPSA) is 138 Å². The molecule has 0 aliphatic carbocycles. The third-order valence-electron chi connectivity index (χ3n) is 7.32. The SMILES string of the molecule is Cc1ncsc1-c1ccc(CNC(=O)[C@@H]2CC(O)CN2C(=O)[C@@H](NC(=O)CCCCCCCN)C(C)(C)C)cc1. The van der Waals surface area contributed by atoms with Gasteiger partial charge in [0.1, 0.15) is 12.1 Å². The summed E-state index contributed by atoms with van der Waals surface area (Å²) >= 11 is 1.59. The maximum absolute atomic E-state index is 13.7. The molecule has 0 spiro atoms. The fraction of sp³-hybridized carbons (Fsp3) is 0.600. The number of carbonyl (C=O) groups excluding carboxylic acids is 3. The van der Waals surface area contributed by atoms with E-state index in [0.717, 1.165) is 53.8 Å². The van der Waals surface area contributed by atoms with E-state index in [4.69, 9.17) is 5.73 Å². The number of amides is 3. The molecule has 3 atom stereocenters. The number of unbranched alkanes of at least 4 members (excludes halogenated alkanes) is 4. The van der Waals surface area contributed by atoms with Gasteiger partial charge in [-0.2, -0.15) is 0 Å². The summed E-state index contributed by atoms with van der Waals surface area (Å²) in [5.74, 6) is -0.835. The molecule has 2 aromatic rings. The molecule has 1 unspecified atom stereocenters. The van der Waals surface area contributed by atoms with Crippen LogP contribution in [-0.4, -0.2) is 64.0 Å². The molecular weight excluding hydrogens is 526 g/mol. The molecule has 10 heteroatoms. The maximum atomic E-state index is 13.7. The fourth-order valence-electron chi connectivity index (χ4n) is 4.97. The van der Waals surface area contributed by atoms with Crippen LogP contribution in [0.2, 0.25) is 0 Å². The number of likely N-dealkylation sites (tertiary alicyclic amines) is 1. The van der Waals surface area contributed by atoms with Crippen LogP contribution in [0.5, 0.6) is 0 Å². The van der Waals surface area contributed by atoms with Crippen LogP contribution in [0.25, 0.3) is 10.4 Å². The molecule has 5 N–H and O–H groups in total. The van der Waals surface area contributed by atoms with Gasteiger partial charge in [-0.3, -0.25) is 14.4 Å². The second-order valence-corrected chi connectivity index (χ2v) is 12.6. The lowest BCUT2D eigenvalue weighted by molar-refractivity contribution is -0.144. The number of aliphatic hydroxyl groups excluding tert-OH is 1. The maximum Gasteiger partial charge on any atom is 0.246 e. The second kappa shape index (κ2) is 14.7. The molecule has 1 fully saturated rings. The zero-order valence-corrected chi connectivity index (χ0v) is 25.1. The summed E-state index contributed by atoms with van der Waals surface area (Å²) in [5.41, 5.74) is 9.77. The molecule has 220 valence electrons. The fourth-order valence-corrected chi connectivity index (χ4v) is 5.79. The third-order valence-corrected chi connectivity index (χ3v) is 8.30. The molecule has 40 heavy (non-hydrogen) atoms. The van der Waals surface area contributed by atoms with Gasteiger partial charge in [0.25, 0.3) is 0 Å². The zero-order valence-electron chi connectivity index (χ0n) is 24.2. The number of aryl methyl sites for hydroxylation is 1. The molecule has 2 heterocycles. The van der Waals surface area contributed by atoms with Gasteiger partial charge >= 0.3 is 0 Å². The van der Waals surface area contributed by atoms with E-state index in [0.29, 0.717) is 19.5 Å². The molecule has 0 saturated carbocycles. The first-order chi connectivity index (χ1) is 19.0. The highest BCUT2D eigenvalue weighted by atomic mass is 32.1. The lowest BCUT2D eigenvalue weighted by Crippen LogP contribution is -2.57. The smallest absolute Gasteiger partial charge is 0.246 e. The molecule has 1 aliphatic heterocycles. The number of rotatable bonds is 13. The summed E-state index contributed by atoms with van der Waals surface area (Å²) < 4.78 is 0. The highest BCUT2D eigenvalue weighted by Crippen LogP contribution is 2.28. The van der Waals surface area contributed by atoms with Crippen LogP contribution in [0.4, 0.5) is 0 Å². The molecule has 9 nitrogen and oxygen atoms in total. The lowest BCUT2D eigenvalue weighted by atomic mass is 9.85. The number of β-amino-alcohol motifs (C(OH)–C–C–N with tert-alkyl or cyclic N) is 1. The van der Waals surface area contributed by atoms with E-state index in [2.05, 4.69) is 15.6 Å². The van der Waals surface area contributed by atoms with Crippen molar-refractivity contribution in [1.29, 1.82) is 0 Å². The molecule has 1 saturated heterocycles. The van der Waals surface area contributed by atoms with Crippen LogP contribution >= 0.6 is 11.3 Å². The normalized spacial score (nSPS) is 18.0. The highest BCUT2D eigenvalue weighted by molar-refractivity contribution is 7.13. The van der Waals surface area contributed by atoms with E-state index >= 15 is 0 Å². The van der Waals surface area contributed by atoms with Crippen molar-refractivity contribution >= 4 is 29.1 Å². The number of aliphatic hydroxyl groups is 1. The summed E-state index contributed by atoms with van der Waals surface area (Å²) in [7, 11) is 0. The van der Waals surface area contributed by atoms with Gasteiger partial charge in [-0.1, -0.05) is 64.3 Å². The number of nitrogens with zero attached hydrogens (tertiary/aromatic N) is 2. The molecule has 1 aliphatic rings. The number of thiazole rings is 1. The lowest BCUT2D eigenvalue weighted by Gasteiger charge is -2.35.